The van der Waals surface area contributed by atoms with Gasteiger partial charge in [-0.25, -0.2) is 10.9 Å². The SMILES string of the molecule is COc1ccc(/C=N\NC(=O)CC[C@H]2C(=O)NN=C2C)cc1OCc1ccccc1. The maximum Gasteiger partial charge on any atom is 0.248 e. The van der Waals surface area contributed by atoms with Crippen LogP contribution in [0.5, 0.6) is 11.5 Å². The predicted molar refractivity (Wildman–Crippen MR) is 113 cm³/mol. The molecule has 30 heavy (non-hydrogen) atoms. The molecule has 0 bridgehead atoms. The van der Waals surface area contributed by atoms with Crippen LogP contribution in [-0.4, -0.2) is 30.9 Å². The molecule has 0 unspecified atom stereocenters. The van der Waals surface area contributed by atoms with Crippen molar-refractivity contribution in [3.8, 4) is 11.5 Å². The molecule has 2 N–H and O–H groups in total. The number of benzene rings is 2. The smallest absolute Gasteiger partial charge is 0.248 e. The third-order valence-electron chi connectivity index (χ3n) is 4.65. The molecule has 0 saturated heterocycles. The van der Waals surface area contributed by atoms with E-state index in [0.29, 0.717) is 30.2 Å². The lowest BCUT2D eigenvalue weighted by molar-refractivity contribution is -0.123. The van der Waals surface area contributed by atoms with Crippen LogP contribution in [0.2, 0.25) is 0 Å². The van der Waals surface area contributed by atoms with Crippen molar-refractivity contribution in [3.63, 3.8) is 0 Å². The minimum absolute atomic E-state index is 0.176. The highest BCUT2D eigenvalue weighted by atomic mass is 16.5. The zero-order chi connectivity index (χ0) is 21.3. The van der Waals surface area contributed by atoms with E-state index < -0.39 is 0 Å². The summed E-state index contributed by atoms with van der Waals surface area (Å²) in [4.78, 5) is 23.6. The Kier molecular flexibility index (Phi) is 7.15. The predicted octanol–water partition coefficient (Wildman–Crippen LogP) is 2.63. The lowest BCUT2D eigenvalue weighted by atomic mass is 9.99. The van der Waals surface area contributed by atoms with Gasteiger partial charge in [0.1, 0.15) is 6.61 Å². The summed E-state index contributed by atoms with van der Waals surface area (Å²) in [6.45, 7) is 2.17. The molecule has 8 nitrogen and oxygen atoms in total. The number of amides is 2. The molecule has 156 valence electrons. The molecule has 0 saturated carbocycles. The summed E-state index contributed by atoms with van der Waals surface area (Å²) in [7, 11) is 1.58. The molecule has 0 aliphatic carbocycles. The van der Waals surface area contributed by atoms with Gasteiger partial charge in [-0.3, -0.25) is 9.59 Å². The second-order valence-electron chi connectivity index (χ2n) is 6.80. The monoisotopic (exact) mass is 408 g/mol. The number of nitrogens with one attached hydrogen (secondary N) is 2. The van der Waals surface area contributed by atoms with E-state index in [-0.39, 0.29) is 24.2 Å². The Labute approximate surface area is 175 Å². The van der Waals surface area contributed by atoms with Gasteiger partial charge in [0.15, 0.2) is 11.5 Å². The number of rotatable bonds is 9. The van der Waals surface area contributed by atoms with Gasteiger partial charge in [0.2, 0.25) is 11.8 Å². The minimum Gasteiger partial charge on any atom is -0.493 e. The molecule has 8 heteroatoms. The molecule has 3 rings (SSSR count). The van der Waals surface area contributed by atoms with Crippen LogP contribution in [0.4, 0.5) is 0 Å². The van der Waals surface area contributed by atoms with E-state index in [1.165, 1.54) is 6.21 Å². The fraction of sp³-hybridized carbons (Fsp3) is 0.273. The Morgan fingerprint density at radius 2 is 2.03 bits per heavy atom. The van der Waals surface area contributed by atoms with Gasteiger partial charge in [-0.15, -0.1) is 0 Å². The Morgan fingerprint density at radius 1 is 1.23 bits per heavy atom. The highest BCUT2D eigenvalue weighted by Crippen LogP contribution is 2.28. The van der Waals surface area contributed by atoms with Crippen LogP contribution in [0.15, 0.2) is 58.7 Å². The number of carbonyl (C=O) groups excluding carboxylic acids is 2. The molecular formula is C22H24N4O4. The molecule has 1 atom stereocenters. The van der Waals surface area contributed by atoms with Crippen LogP contribution in [0.1, 0.15) is 30.9 Å². The van der Waals surface area contributed by atoms with Crippen molar-refractivity contribution in [1.29, 1.82) is 0 Å². The molecule has 0 radical (unpaired) electrons. The number of nitrogens with zero attached hydrogens (tertiary/aromatic N) is 2. The third-order valence-corrected chi connectivity index (χ3v) is 4.65. The van der Waals surface area contributed by atoms with E-state index in [2.05, 4.69) is 21.1 Å². The van der Waals surface area contributed by atoms with Crippen molar-refractivity contribution in [2.24, 2.45) is 16.1 Å². The molecule has 0 aromatic heterocycles. The van der Waals surface area contributed by atoms with E-state index in [4.69, 9.17) is 9.47 Å². The van der Waals surface area contributed by atoms with Gasteiger partial charge in [0.05, 0.1) is 19.2 Å². The van der Waals surface area contributed by atoms with Crippen LogP contribution in [-0.2, 0) is 16.2 Å². The fourth-order valence-corrected chi connectivity index (χ4v) is 2.96. The first-order valence-electron chi connectivity index (χ1n) is 9.57. The van der Waals surface area contributed by atoms with Gasteiger partial charge in [-0.05, 0) is 42.7 Å². The van der Waals surface area contributed by atoms with Crippen molar-refractivity contribution in [2.45, 2.75) is 26.4 Å². The summed E-state index contributed by atoms with van der Waals surface area (Å²) < 4.78 is 11.2. The number of hydrogen-bond acceptors (Lipinski definition) is 6. The zero-order valence-corrected chi connectivity index (χ0v) is 16.9. The zero-order valence-electron chi connectivity index (χ0n) is 16.9. The Balaban J connectivity index is 1.53. The van der Waals surface area contributed by atoms with Gasteiger partial charge in [0.25, 0.3) is 0 Å². The van der Waals surface area contributed by atoms with Crippen molar-refractivity contribution in [1.82, 2.24) is 10.9 Å². The normalized spacial score (nSPS) is 15.6. The standard InChI is InChI=1S/C22H24N4O4/c1-15-18(22(28)26-24-15)9-11-21(27)25-23-13-17-8-10-19(29-2)20(12-17)30-14-16-6-4-3-5-7-16/h3-8,10,12-13,18H,9,11,14H2,1-2H3,(H,25,27)(H,26,28)/b23-13-/t18-/m1/s1. The lowest BCUT2D eigenvalue weighted by Crippen LogP contribution is -2.25. The molecule has 1 aliphatic rings. The Bertz CT molecular complexity index is 957. The summed E-state index contributed by atoms with van der Waals surface area (Å²) in [6, 6.07) is 15.2. The summed E-state index contributed by atoms with van der Waals surface area (Å²) in [6.07, 6.45) is 2.10. The first-order valence-corrected chi connectivity index (χ1v) is 9.57. The van der Waals surface area contributed by atoms with E-state index in [9.17, 15) is 9.59 Å². The van der Waals surface area contributed by atoms with Crippen LogP contribution < -0.4 is 20.3 Å². The number of methoxy groups -OCH3 is 1. The Hall–Kier alpha value is -3.68. The number of carbonyl (C=O) groups is 2. The maximum absolute atomic E-state index is 12.0. The van der Waals surface area contributed by atoms with E-state index >= 15 is 0 Å². The van der Waals surface area contributed by atoms with E-state index in [1.54, 1.807) is 26.2 Å². The number of hydrazone groups is 2. The molecule has 1 aliphatic heterocycles. The summed E-state index contributed by atoms with van der Waals surface area (Å²) in [5.41, 5.74) is 7.37. The molecule has 2 aromatic rings. The highest BCUT2D eigenvalue weighted by Gasteiger charge is 2.26. The second-order valence-corrected chi connectivity index (χ2v) is 6.80. The lowest BCUT2D eigenvalue weighted by Gasteiger charge is -2.11. The molecular weight excluding hydrogens is 384 g/mol. The van der Waals surface area contributed by atoms with E-state index in [0.717, 1.165) is 11.1 Å². The molecule has 0 spiro atoms. The number of hydrogen-bond donors (Lipinski definition) is 2. The van der Waals surface area contributed by atoms with Crippen molar-refractivity contribution in [2.75, 3.05) is 7.11 Å². The van der Waals surface area contributed by atoms with Crippen LogP contribution >= 0.6 is 0 Å². The summed E-state index contributed by atoms with van der Waals surface area (Å²) in [5.74, 6) is 0.390. The van der Waals surface area contributed by atoms with Gasteiger partial charge >= 0.3 is 0 Å². The average Bonchev–Trinajstić information content (AvgIpc) is 3.09. The largest absolute Gasteiger partial charge is 0.493 e. The van der Waals surface area contributed by atoms with Gasteiger partial charge in [-0.2, -0.15) is 10.2 Å². The minimum atomic E-state index is -0.356. The van der Waals surface area contributed by atoms with Crippen molar-refractivity contribution < 1.29 is 19.1 Å². The van der Waals surface area contributed by atoms with Crippen molar-refractivity contribution in [3.05, 3.63) is 59.7 Å². The van der Waals surface area contributed by atoms with Crippen LogP contribution in [0.25, 0.3) is 0 Å². The summed E-state index contributed by atoms with van der Waals surface area (Å²) >= 11 is 0. The second kappa shape index (κ2) is 10.2. The fourth-order valence-electron chi connectivity index (χ4n) is 2.96. The molecule has 2 amide bonds. The van der Waals surface area contributed by atoms with Gasteiger partial charge in [-0.1, -0.05) is 30.3 Å². The van der Waals surface area contributed by atoms with Crippen LogP contribution in [0, 0.1) is 5.92 Å². The topological polar surface area (TPSA) is 101 Å². The average molecular weight is 408 g/mol. The molecule has 1 heterocycles. The first kappa shape index (κ1) is 21.0. The number of ether oxygens (including phenoxy) is 2. The molecule has 0 fully saturated rings. The highest BCUT2D eigenvalue weighted by molar-refractivity contribution is 6.07. The Morgan fingerprint density at radius 3 is 2.73 bits per heavy atom. The van der Waals surface area contributed by atoms with Gasteiger partial charge in [0, 0.05) is 12.1 Å². The van der Waals surface area contributed by atoms with Crippen LogP contribution in [0.3, 0.4) is 0 Å². The third kappa shape index (κ3) is 5.66. The molecule has 2 aromatic carbocycles. The van der Waals surface area contributed by atoms with Gasteiger partial charge < -0.3 is 9.47 Å². The maximum atomic E-state index is 12.0. The quantitative estimate of drug-likeness (QED) is 0.492. The first-order chi connectivity index (χ1) is 14.6. The summed E-state index contributed by atoms with van der Waals surface area (Å²) in [5, 5.41) is 7.86. The van der Waals surface area contributed by atoms with E-state index in [1.807, 2.05) is 36.4 Å². The van der Waals surface area contributed by atoms with Crippen molar-refractivity contribution >= 4 is 23.7 Å².